The lowest BCUT2D eigenvalue weighted by Gasteiger charge is -2.18. The second-order valence-electron chi connectivity index (χ2n) is 7.47. The lowest BCUT2D eigenvalue weighted by Crippen LogP contribution is -2.30. The van der Waals surface area contributed by atoms with Gasteiger partial charge >= 0.3 is 5.69 Å². The van der Waals surface area contributed by atoms with Crippen molar-refractivity contribution < 1.29 is 4.42 Å². The van der Waals surface area contributed by atoms with Crippen molar-refractivity contribution in [2.24, 2.45) is 0 Å². The van der Waals surface area contributed by atoms with Crippen molar-refractivity contribution in [1.82, 2.24) is 25.0 Å². The molecule has 5 rings (SSSR count). The first-order valence-corrected chi connectivity index (χ1v) is 11.4. The van der Waals surface area contributed by atoms with Crippen LogP contribution in [0, 0.1) is 0 Å². The van der Waals surface area contributed by atoms with Gasteiger partial charge in [-0.25, -0.2) is 4.79 Å². The first kappa shape index (κ1) is 23.0. The van der Waals surface area contributed by atoms with Crippen LogP contribution in [0.2, 0.25) is 15.1 Å². The zero-order valence-corrected chi connectivity index (χ0v) is 19.9. The van der Waals surface area contributed by atoms with Crippen LogP contribution in [-0.2, 0) is 0 Å². The number of nitrogens with zero attached hydrogens (tertiary/aromatic N) is 4. The molecule has 0 aliphatic carbocycles. The first-order chi connectivity index (χ1) is 16.9. The van der Waals surface area contributed by atoms with E-state index in [4.69, 9.17) is 39.2 Å². The monoisotopic (exact) mass is 525 g/mol. The van der Waals surface area contributed by atoms with Crippen molar-refractivity contribution in [2.45, 2.75) is 5.92 Å². The number of benzene rings is 3. The van der Waals surface area contributed by atoms with Crippen LogP contribution in [0.1, 0.15) is 22.9 Å². The second-order valence-corrected chi connectivity index (χ2v) is 8.72. The van der Waals surface area contributed by atoms with Gasteiger partial charge in [-0.2, -0.15) is 9.78 Å². The molecule has 1 N–H and O–H groups in total. The summed E-state index contributed by atoms with van der Waals surface area (Å²) in [6.45, 7) is 0. The second kappa shape index (κ2) is 9.50. The van der Waals surface area contributed by atoms with E-state index in [1.807, 2.05) is 42.5 Å². The highest BCUT2D eigenvalue weighted by atomic mass is 35.5. The van der Waals surface area contributed by atoms with Crippen molar-refractivity contribution in [1.29, 1.82) is 0 Å². The molecule has 0 saturated heterocycles. The normalized spacial score (nSPS) is 12.0. The molecule has 0 saturated carbocycles. The number of halogens is 3. The Hall–Kier alpha value is -3.72. The first-order valence-electron chi connectivity index (χ1n) is 10.2. The van der Waals surface area contributed by atoms with E-state index in [1.165, 1.54) is 12.1 Å². The van der Waals surface area contributed by atoms with Crippen molar-refractivity contribution in [3.63, 3.8) is 0 Å². The van der Waals surface area contributed by atoms with Gasteiger partial charge < -0.3 is 4.42 Å². The highest BCUT2D eigenvalue weighted by Crippen LogP contribution is 2.41. The molecule has 0 radical (unpaired) electrons. The molecular formula is C24H14Cl3N5O3. The van der Waals surface area contributed by atoms with E-state index >= 15 is 0 Å². The number of nitrogens with one attached hydrogen (secondary N) is 1. The van der Waals surface area contributed by atoms with Gasteiger partial charge in [0.05, 0.1) is 11.6 Å². The van der Waals surface area contributed by atoms with Gasteiger partial charge in [-0.05, 0) is 42.0 Å². The summed E-state index contributed by atoms with van der Waals surface area (Å²) in [5, 5.41) is 13.3. The third-order valence-electron chi connectivity index (χ3n) is 5.22. The number of hydrogen-bond donors (Lipinski definition) is 1. The van der Waals surface area contributed by atoms with Gasteiger partial charge in [0.15, 0.2) is 0 Å². The maximum Gasteiger partial charge on any atom is 0.349 e. The third-order valence-corrected chi connectivity index (χ3v) is 6.10. The number of aromatic nitrogens is 5. The van der Waals surface area contributed by atoms with Crippen LogP contribution in [0.3, 0.4) is 0 Å². The molecule has 0 amide bonds. The van der Waals surface area contributed by atoms with E-state index in [0.29, 0.717) is 16.5 Å². The highest BCUT2D eigenvalue weighted by molar-refractivity contribution is 6.36. The predicted molar refractivity (Wildman–Crippen MR) is 133 cm³/mol. The Morgan fingerprint density at radius 3 is 2.23 bits per heavy atom. The Morgan fingerprint density at radius 1 is 0.886 bits per heavy atom. The number of aromatic amines is 1. The summed E-state index contributed by atoms with van der Waals surface area (Å²) < 4.78 is 7.03. The molecule has 174 valence electrons. The summed E-state index contributed by atoms with van der Waals surface area (Å²) in [4.78, 5) is 25.7. The molecule has 1 unspecified atom stereocenters. The van der Waals surface area contributed by atoms with E-state index in [9.17, 15) is 9.59 Å². The van der Waals surface area contributed by atoms with E-state index in [1.54, 1.807) is 12.1 Å². The molecule has 2 heterocycles. The van der Waals surface area contributed by atoms with Crippen molar-refractivity contribution >= 4 is 34.8 Å². The molecule has 8 nitrogen and oxygen atoms in total. The van der Waals surface area contributed by atoms with Crippen molar-refractivity contribution in [2.75, 3.05) is 0 Å². The molecule has 35 heavy (non-hydrogen) atoms. The summed E-state index contributed by atoms with van der Waals surface area (Å²) in [7, 11) is 0. The Kier molecular flexibility index (Phi) is 6.25. The molecule has 11 heteroatoms. The van der Waals surface area contributed by atoms with Gasteiger partial charge in [-0.1, -0.05) is 65.1 Å². The Morgan fingerprint density at radius 2 is 1.57 bits per heavy atom. The summed E-state index contributed by atoms with van der Waals surface area (Å²) in [6.07, 6.45) is 0.983. The largest absolute Gasteiger partial charge is 0.420 e. The Balaban J connectivity index is 1.66. The summed E-state index contributed by atoms with van der Waals surface area (Å²) in [5.41, 5.74) is 0.936. The van der Waals surface area contributed by atoms with Crippen LogP contribution in [0.5, 0.6) is 0 Å². The topological polar surface area (TPSA) is 107 Å². The van der Waals surface area contributed by atoms with Gasteiger partial charge in [0.1, 0.15) is 6.20 Å². The van der Waals surface area contributed by atoms with E-state index < -0.39 is 17.2 Å². The fourth-order valence-corrected chi connectivity index (χ4v) is 4.46. The van der Waals surface area contributed by atoms with Gasteiger partial charge in [0.2, 0.25) is 11.8 Å². The summed E-state index contributed by atoms with van der Waals surface area (Å²) in [6, 6.07) is 19.5. The maximum atomic E-state index is 12.2. The van der Waals surface area contributed by atoms with Crippen LogP contribution in [0.15, 0.2) is 86.9 Å². The molecule has 5 aromatic rings. The number of H-pyrrole nitrogens is 1. The van der Waals surface area contributed by atoms with Crippen molar-refractivity contribution in [3.05, 3.63) is 126 Å². The molecule has 1 atom stereocenters. The summed E-state index contributed by atoms with van der Waals surface area (Å²) in [5.74, 6) is -0.0268. The molecular weight excluding hydrogens is 513 g/mol. The smallest absolute Gasteiger partial charge is 0.349 e. The van der Waals surface area contributed by atoms with Crippen LogP contribution in [-0.4, -0.2) is 25.0 Å². The zero-order chi connectivity index (χ0) is 24.5. The van der Waals surface area contributed by atoms with Crippen LogP contribution in [0.25, 0.3) is 17.1 Å². The van der Waals surface area contributed by atoms with Crippen LogP contribution in [0.4, 0.5) is 0 Å². The van der Waals surface area contributed by atoms with Gasteiger partial charge in [0, 0.05) is 26.2 Å². The quantitative estimate of drug-likeness (QED) is 0.341. The SMILES string of the molecule is O=c1cnn(-c2cc(Cl)c(C(c3ccc(Cl)cc3)c3nnc(-c4ccccc4)o3)c(Cl)c2)c(=O)[nH]1. The average Bonchev–Trinajstić information content (AvgIpc) is 3.32. The summed E-state index contributed by atoms with van der Waals surface area (Å²) >= 11 is 19.5. The molecule has 3 aromatic carbocycles. The molecule has 0 fully saturated rings. The molecule has 0 aliphatic heterocycles. The molecule has 0 aliphatic rings. The van der Waals surface area contributed by atoms with Crippen molar-refractivity contribution in [3.8, 4) is 17.1 Å². The predicted octanol–water partition coefficient (Wildman–Crippen LogP) is 5.11. The van der Waals surface area contributed by atoms with E-state index in [0.717, 1.165) is 22.0 Å². The lowest BCUT2D eigenvalue weighted by atomic mass is 9.90. The lowest BCUT2D eigenvalue weighted by molar-refractivity contribution is 0.499. The number of hydrogen-bond acceptors (Lipinski definition) is 6. The third kappa shape index (κ3) is 4.64. The molecule has 0 spiro atoms. The fraction of sp³-hybridized carbons (Fsp3) is 0.0417. The van der Waals surface area contributed by atoms with E-state index in [-0.39, 0.29) is 21.6 Å². The average molecular weight is 527 g/mol. The van der Waals surface area contributed by atoms with Gasteiger partial charge in [0.25, 0.3) is 5.56 Å². The minimum absolute atomic E-state index is 0.229. The van der Waals surface area contributed by atoms with Gasteiger partial charge in [-0.3, -0.25) is 9.78 Å². The zero-order valence-electron chi connectivity index (χ0n) is 17.7. The highest BCUT2D eigenvalue weighted by Gasteiger charge is 2.28. The molecule has 0 bridgehead atoms. The minimum Gasteiger partial charge on any atom is -0.420 e. The van der Waals surface area contributed by atoms with Crippen LogP contribution < -0.4 is 11.2 Å². The fourth-order valence-electron chi connectivity index (χ4n) is 3.64. The Labute approximate surface area is 212 Å². The van der Waals surface area contributed by atoms with E-state index in [2.05, 4.69) is 20.3 Å². The standard InChI is InChI=1S/C24H14Cl3N5O3/c25-15-8-6-13(7-9-15)20(23-31-30-22(35-23)14-4-2-1-3-5-14)21-17(26)10-16(11-18(21)27)32-24(34)29-19(33)12-28-32/h1-12,20H,(H,29,33,34). The minimum atomic E-state index is -0.726. The number of rotatable bonds is 5. The van der Waals surface area contributed by atoms with Crippen LogP contribution >= 0.6 is 34.8 Å². The maximum absolute atomic E-state index is 12.2. The molecule has 2 aromatic heterocycles. The Bertz CT molecular complexity index is 1610. The van der Waals surface area contributed by atoms with Gasteiger partial charge in [-0.15, -0.1) is 10.2 Å².